The van der Waals surface area contributed by atoms with Gasteiger partial charge in [-0.05, 0) is 59.7 Å². The van der Waals surface area contributed by atoms with Crippen LogP contribution in [0.4, 0.5) is 0 Å². The first-order valence-corrected chi connectivity index (χ1v) is 12.6. The number of fused-ring (bicyclic) bond motifs is 8. The smallest absolute Gasteiger partial charge is 0.126 e. The van der Waals surface area contributed by atoms with Crippen molar-refractivity contribution in [3.05, 3.63) is 153 Å². The van der Waals surface area contributed by atoms with Crippen molar-refractivity contribution in [2.45, 2.75) is 12.2 Å². The highest BCUT2D eigenvalue weighted by molar-refractivity contribution is 5.83. The number of aliphatic hydroxyl groups is 2. The molecule has 5 aromatic rings. The minimum Gasteiger partial charge on any atom is -0.384 e. The van der Waals surface area contributed by atoms with Gasteiger partial charge in [-0.25, -0.2) is 0 Å². The number of H-pyrrole nitrogens is 3. The maximum atomic E-state index is 11.2. The van der Waals surface area contributed by atoms with E-state index in [1.165, 1.54) is 0 Å². The molecule has 0 spiro atoms. The molecule has 6 nitrogen and oxygen atoms in total. The first kappa shape index (κ1) is 22.4. The molecule has 1 saturated heterocycles. The lowest BCUT2D eigenvalue weighted by Crippen LogP contribution is -2.22. The third kappa shape index (κ3) is 3.84. The van der Waals surface area contributed by atoms with Crippen molar-refractivity contribution in [1.82, 2.24) is 20.3 Å². The Hall–Kier alpha value is -4.78. The summed E-state index contributed by atoms with van der Waals surface area (Å²) < 4.78 is 0. The van der Waals surface area contributed by atoms with Crippen molar-refractivity contribution < 1.29 is 10.2 Å². The molecule has 6 N–H and O–H groups in total. The Kier molecular flexibility index (Phi) is 5.28. The number of benzene rings is 2. The minimum absolute atomic E-state index is 0.531. The van der Waals surface area contributed by atoms with Gasteiger partial charge in [-0.15, -0.1) is 0 Å². The second kappa shape index (κ2) is 8.95. The van der Waals surface area contributed by atoms with Crippen molar-refractivity contribution in [3.8, 4) is 0 Å². The monoisotopic (exact) mass is 498 g/mol. The molecule has 2 unspecified atom stereocenters. The fourth-order valence-corrected chi connectivity index (χ4v) is 5.35. The Balaban J connectivity index is 1.51. The maximum Gasteiger partial charge on any atom is 0.126 e. The van der Waals surface area contributed by atoms with Gasteiger partial charge in [0.1, 0.15) is 12.2 Å². The average Bonchev–Trinajstić information content (AvgIpc) is 3.74. The predicted octanol–water partition coefficient (Wildman–Crippen LogP) is 3.19. The number of rotatable bonds is 2. The summed E-state index contributed by atoms with van der Waals surface area (Å²) in [5.74, 6) is 0. The summed E-state index contributed by atoms with van der Waals surface area (Å²) in [6, 6.07) is 32.4. The van der Waals surface area contributed by atoms with Crippen LogP contribution in [-0.4, -0.2) is 37.4 Å². The molecule has 2 aromatic carbocycles. The number of aromatic nitrogens is 3. The zero-order valence-corrected chi connectivity index (χ0v) is 20.4. The van der Waals surface area contributed by atoms with Crippen LogP contribution < -0.4 is 16.0 Å². The molecule has 7 rings (SSSR count). The summed E-state index contributed by atoms with van der Waals surface area (Å²) in [5.41, 5.74) is 8.48. The van der Waals surface area contributed by atoms with Crippen molar-refractivity contribution in [2.75, 3.05) is 0 Å². The fourth-order valence-electron chi connectivity index (χ4n) is 5.35. The van der Waals surface area contributed by atoms with E-state index in [-0.39, 0.29) is 0 Å². The van der Waals surface area contributed by atoms with E-state index in [4.69, 9.17) is 0 Å². The van der Waals surface area contributed by atoms with E-state index in [9.17, 15) is 10.2 Å². The lowest BCUT2D eigenvalue weighted by Gasteiger charge is -2.14. The van der Waals surface area contributed by atoms with E-state index in [2.05, 4.69) is 50.6 Å². The van der Waals surface area contributed by atoms with E-state index in [1.54, 1.807) is 0 Å². The topological polar surface area (TPSA) is 99.9 Å². The van der Waals surface area contributed by atoms with Crippen molar-refractivity contribution in [1.29, 1.82) is 0 Å². The summed E-state index contributed by atoms with van der Waals surface area (Å²) in [4.78, 5) is 10.6. The summed E-state index contributed by atoms with van der Waals surface area (Å²) in [7, 11) is 0. The lowest BCUT2D eigenvalue weighted by atomic mass is 9.98. The molecular formula is C32H26N4O2. The summed E-state index contributed by atoms with van der Waals surface area (Å²) in [6.07, 6.45) is 1.73. The van der Waals surface area contributed by atoms with Crippen molar-refractivity contribution >= 4 is 23.3 Å². The largest absolute Gasteiger partial charge is 0.384 e. The lowest BCUT2D eigenvalue weighted by molar-refractivity contribution is 0.0816. The predicted molar refractivity (Wildman–Crippen MR) is 149 cm³/mol. The Labute approximate surface area is 219 Å². The van der Waals surface area contributed by atoms with Crippen LogP contribution in [0, 0.1) is 0 Å². The van der Waals surface area contributed by atoms with Gasteiger partial charge < -0.3 is 30.5 Å². The van der Waals surface area contributed by atoms with Crippen LogP contribution in [0.1, 0.15) is 33.9 Å². The molecule has 0 amide bonds. The molecule has 5 heterocycles. The third-order valence-corrected chi connectivity index (χ3v) is 7.14. The second-order valence-electron chi connectivity index (χ2n) is 9.64. The molecule has 8 bridgehead atoms. The van der Waals surface area contributed by atoms with Crippen LogP contribution in [0.3, 0.4) is 0 Å². The summed E-state index contributed by atoms with van der Waals surface area (Å²) >= 11 is 0. The highest BCUT2D eigenvalue weighted by Crippen LogP contribution is 2.33. The van der Waals surface area contributed by atoms with Gasteiger partial charge in [0.25, 0.3) is 0 Å². The first-order valence-electron chi connectivity index (χ1n) is 12.6. The zero-order chi connectivity index (χ0) is 25.6. The van der Waals surface area contributed by atoms with E-state index >= 15 is 0 Å². The van der Waals surface area contributed by atoms with Gasteiger partial charge in [0.05, 0.1) is 5.70 Å². The summed E-state index contributed by atoms with van der Waals surface area (Å²) in [6.45, 7) is 0. The van der Waals surface area contributed by atoms with Gasteiger partial charge in [0, 0.05) is 50.3 Å². The van der Waals surface area contributed by atoms with Crippen molar-refractivity contribution in [3.63, 3.8) is 0 Å². The van der Waals surface area contributed by atoms with Crippen LogP contribution in [0.5, 0.6) is 0 Å². The van der Waals surface area contributed by atoms with E-state index in [0.717, 1.165) is 55.7 Å². The van der Waals surface area contributed by atoms with Gasteiger partial charge in [0.15, 0.2) is 0 Å². The number of hydrogen-bond acceptors (Lipinski definition) is 3. The Morgan fingerprint density at radius 2 is 1.13 bits per heavy atom. The third-order valence-electron chi connectivity index (χ3n) is 7.14. The quantitative estimate of drug-likeness (QED) is 0.226. The molecule has 2 aliphatic heterocycles. The van der Waals surface area contributed by atoms with Crippen LogP contribution >= 0.6 is 0 Å². The first-order chi connectivity index (χ1) is 18.6. The number of hydrogen-bond donors (Lipinski definition) is 6. The van der Waals surface area contributed by atoms with Gasteiger partial charge in [-0.3, -0.25) is 0 Å². The molecule has 38 heavy (non-hydrogen) atoms. The van der Waals surface area contributed by atoms with Crippen LogP contribution in [0.25, 0.3) is 23.3 Å². The minimum atomic E-state index is -1.10. The molecule has 2 aliphatic rings. The molecule has 6 heteroatoms. The number of aliphatic hydroxyl groups excluding tert-OH is 2. The van der Waals surface area contributed by atoms with Gasteiger partial charge >= 0.3 is 0 Å². The highest BCUT2D eigenvalue weighted by Gasteiger charge is 2.35. The Morgan fingerprint density at radius 3 is 1.82 bits per heavy atom. The molecule has 1 fully saturated rings. The highest BCUT2D eigenvalue weighted by atomic mass is 16.3. The van der Waals surface area contributed by atoms with Crippen LogP contribution in [-0.2, 0) is 0 Å². The molecule has 0 saturated carbocycles. The van der Waals surface area contributed by atoms with E-state index in [0.29, 0.717) is 11.4 Å². The average molecular weight is 499 g/mol. The molecule has 3 aromatic heterocycles. The van der Waals surface area contributed by atoms with E-state index in [1.807, 2.05) is 78.9 Å². The van der Waals surface area contributed by atoms with Gasteiger partial charge in [-0.2, -0.15) is 0 Å². The van der Waals surface area contributed by atoms with Crippen LogP contribution in [0.15, 0.2) is 108 Å². The Morgan fingerprint density at radius 1 is 0.526 bits per heavy atom. The van der Waals surface area contributed by atoms with Gasteiger partial charge in [0.2, 0.25) is 0 Å². The standard InChI is InChI=1S/C32H26N4O2/c37-31-27-18-23-13-15-25(35-23)28(19-7-3-1-4-8-19)24-14-11-21(33-24)17-22-12-16-26(34-22)29(30(36-27)32(31)38)20-9-5-2-6-10-20/h1-18,31-38H. The SMILES string of the molecule is OC1C2=Cc3ccc([nH]3)C(c3ccccc3)=c3ccc([nH]3)=Cc3ccc([nH]3)C(c3ccccc3)=C(N2)C1O. The fraction of sp³-hybridized carbons (Fsp3) is 0.0625. The molecule has 0 radical (unpaired) electrons. The second-order valence-corrected chi connectivity index (χ2v) is 9.64. The number of nitrogens with one attached hydrogen (secondary N) is 4. The zero-order valence-electron chi connectivity index (χ0n) is 20.4. The Bertz CT molecular complexity index is 1820. The van der Waals surface area contributed by atoms with Crippen molar-refractivity contribution in [2.24, 2.45) is 0 Å². The maximum absolute atomic E-state index is 11.2. The van der Waals surface area contributed by atoms with Crippen LogP contribution in [0.2, 0.25) is 0 Å². The molecular weight excluding hydrogens is 472 g/mol. The van der Waals surface area contributed by atoms with Gasteiger partial charge in [-0.1, -0.05) is 60.7 Å². The molecule has 2 atom stereocenters. The summed E-state index contributed by atoms with van der Waals surface area (Å²) in [5, 5.41) is 27.5. The molecule has 186 valence electrons. The molecule has 0 aliphatic carbocycles. The number of aromatic amines is 3. The normalized spacial score (nSPS) is 18.7. The van der Waals surface area contributed by atoms with E-state index < -0.39 is 12.2 Å².